The quantitative estimate of drug-likeness (QED) is 0.822. The summed E-state index contributed by atoms with van der Waals surface area (Å²) in [4.78, 5) is 12.0. The first-order valence-corrected chi connectivity index (χ1v) is 9.02. The lowest BCUT2D eigenvalue weighted by Gasteiger charge is -2.20. The predicted molar refractivity (Wildman–Crippen MR) is 85.9 cm³/mol. The lowest BCUT2D eigenvalue weighted by molar-refractivity contribution is -0.116. The second-order valence-electron chi connectivity index (χ2n) is 5.46. The van der Waals surface area contributed by atoms with Crippen molar-refractivity contribution < 1.29 is 17.6 Å². The Balaban J connectivity index is 2.72. The second kappa shape index (κ2) is 7.89. The average Bonchev–Trinajstić information content (AvgIpc) is 2.37. The van der Waals surface area contributed by atoms with Gasteiger partial charge in [0, 0.05) is 12.2 Å². The number of amides is 1. The van der Waals surface area contributed by atoms with Gasteiger partial charge in [0.05, 0.1) is 17.8 Å². The van der Waals surface area contributed by atoms with E-state index >= 15 is 0 Å². The van der Waals surface area contributed by atoms with Gasteiger partial charge in [-0.2, -0.15) is 4.31 Å². The fourth-order valence-corrected chi connectivity index (χ4v) is 2.67. The molecule has 0 heterocycles. The van der Waals surface area contributed by atoms with Crippen LogP contribution < -0.4 is 5.32 Å². The number of anilines is 1. The molecule has 5 nitrogen and oxygen atoms in total. The molecule has 1 amide bonds. The monoisotopic (exact) mass is 350 g/mol. The number of halogens is 2. The van der Waals surface area contributed by atoms with Crippen LogP contribution in [0.4, 0.5) is 10.1 Å². The summed E-state index contributed by atoms with van der Waals surface area (Å²) >= 11 is 5.63. The minimum Gasteiger partial charge on any atom is -0.325 e. The highest BCUT2D eigenvalue weighted by atomic mass is 35.5. The predicted octanol–water partition coefficient (Wildman–Crippen LogP) is 2.73. The highest BCUT2D eigenvalue weighted by molar-refractivity contribution is 7.88. The summed E-state index contributed by atoms with van der Waals surface area (Å²) in [5, 5.41) is 2.39. The molecule has 0 unspecified atom stereocenters. The molecule has 0 bridgehead atoms. The third-order valence-electron chi connectivity index (χ3n) is 2.95. The Morgan fingerprint density at radius 2 is 2.05 bits per heavy atom. The summed E-state index contributed by atoms with van der Waals surface area (Å²) in [5.41, 5.74) is 0.314. The van der Waals surface area contributed by atoms with Gasteiger partial charge in [-0.25, -0.2) is 12.8 Å². The molecule has 0 aliphatic rings. The normalized spacial score (nSPS) is 12.0. The van der Waals surface area contributed by atoms with Crippen LogP contribution in [0.1, 0.15) is 20.3 Å². The van der Waals surface area contributed by atoms with Gasteiger partial charge in [-0.3, -0.25) is 4.79 Å². The third-order valence-corrected chi connectivity index (χ3v) is 4.49. The Labute approximate surface area is 135 Å². The molecule has 0 saturated carbocycles. The largest absolute Gasteiger partial charge is 0.325 e. The number of carbonyl (C=O) groups excluding carboxylic acids is 1. The van der Waals surface area contributed by atoms with E-state index in [1.807, 2.05) is 13.8 Å². The summed E-state index contributed by atoms with van der Waals surface area (Å²) in [6.07, 6.45) is 1.72. The van der Waals surface area contributed by atoms with Gasteiger partial charge in [-0.05, 0) is 30.5 Å². The zero-order valence-electron chi connectivity index (χ0n) is 12.8. The molecule has 124 valence electrons. The first kappa shape index (κ1) is 18.9. The number of carbonyl (C=O) groups is 1. The van der Waals surface area contributed by atoms with Crippen molar-refractivity contribution in [1.29, 1.82) is 0 Å². The maximum atomic E-state index is 13.0. The molecule has 0 spiro atoms. The van der Waals surface area contributed by atoms with Crippen molar-refractivity contribution in [3.8, 4) is 0 Å². The molecule has 0 saturated heterocycles. The fraction of sp³-hybridized carbons (Fsp3) is 0.500. The van der Waals surface area contributed by atoms with Gasteiger partial charge in [0.25, 0.3) is 0 Å². The Morgan fingerprint density at radius 3 is 2.55 bits per heavy atom. The minimum absolute atomic E-state index is 0.113. The number of hydrogen-bond donors (Lipinski definition) is 1. The molecule has 0 aliphatic carbocycles. The van der Waals surface area contributed by atoms with E-state index in [4.69, 9.17) is 11.6 Å². The molecule has 0 fully saturated rings. The summed E-state index contributed by atoms with van der Waals surface area (Å²) in [5.74, 6) is -0.769. The molecule has 0 radical (unpaired) electrons. The van der Waals surface area contributed by atoms with Gasteiger partial charge < -0.3 is 5.32 Å². The molecule has 0 aromatic heterocycles. The van der Waals surface area contributed by atoms with Crippen molar-refractivity contribution in [1.82, 2.24) is 4.31 Å². The molecule has 22 heavy (non-hydrogen) atoms. The second-order valence-corrected chi connectivity index (χ2v) is 7.85. The summed E-state index contributed by atoms with van der Waals surface area (Å²) in [6, 6.07) is 3.76. The standard InChI is InChI=1S/C14H20ClFN2O3S/c1-10(2)6-7-18(22(3,20)21)9-14(19)17-11-4-5-13(16)12(15)8-11/h4-5,8,10H,6-7,9H2,1-3H3,(H,17,19). The van der Waals surface area contributed by atoms with E-state index in [-0.39, 0.29) is 18.1 Å². The molecule has 8 heteroatoms. The van der Waals surface area contributed by atoms with Crippen LogP contribution in [0.5, 0.6) is 0 Å². The van der Waals surface area contributed by atoms with E-state index in [0.717, 1.165) is 16.6 Å². The Morgan fingerprint density at radius 1 is 1.41 bits per heavy atom. The third kappa shape index (κ3) is 6.29. The molecule has 0 atom stereocenters. The Bertz CT molecular complexity index is 635. The topological polar surface area (TPSA) is 66.5 Å². The van der Waals surface area contributed by atoms with Crippen LogP contribution in [-0.4, -0.2) is 38.0 Å². The van der Waals surface area contributed by atoms with Crippen LogP contribution in [0.3, 0.4) is 0 Å². The first-order chi connectivity index (χ1) is 10.1. The van der Waals surface area contributed by atoms with Crippen LogP contribution in [0.25, 0.3) is 0 Å². The van der Waals surface area contributed by atoms with Crippen molar-refractivity contribution in [2.45, 2.75) is 20.3 Å². The summed E-state index contributed by atoms with van der Waals surface area (Å²) in [6.45, 7) is 3.93. The van der Waals surface area contributed by atoms with Crippen LogP contribution in [-0.2, 0) is 14.8 Å². The molecule has 1 aromatic rings. The minimum atomic E-state index is -3.48. The number of nitrogens with one attached hydrogen (secondary N) is 1. The average molecular weight is 351 g/mol. The first-order valence-electron chi connectivity index (χ1n) is 6.79. The maximum Gasteiger partial charge on any atom is 0.239 e. The highest BCUT2D eigenvalue weighted by Gasteiger charge is 2.20. The van der Waals surface area contributed by atoms with Gasteiger partial charge in [-0.15, -0.1) is 0 Å². The molecular formula is C14H20ClFN2O3S. The maximum absolute atomic E-state index is 13.0. The van der Waals surface area contributed by atoms with E-state index in [2.05, 4.69) is 5.32 Å². The molecule has 1 aromatic carbocycles. The summed E-state index contributed by atoms with van der Waals surface area (Å²) < 4.78 is 37.6. The number of nitrogens with zero attached hydrogens (tertiary/aromatic N) is 1. The van der Waals surface area contributed by atoms with Crippen molar-refractivity contribution in [3.05, 3.63) is 29.0 Å². The number of sulfonamides is 1. The lowest BCUT2D eigenvalue weighted by Crippen LogP contribution is -2.38. The van der Waals surface area contributed by atoms with Gasteiger partial charge in [0.1, 0.15) is 5.82 Å². The number of rotatable bonds is 7. The Hall–Kier alpha value is -1.18. The van der Waals surface area contributed by atoms with Gasteiger partial charge in [-0.1, -0.05) is 25.4 Å². The molecule has 1 rings (SSSR count). The zero-order valence-corrected chi connectivity index (χ0v) is 14.3. The number of benzene rings is 1. The summed E-state index contributed by atoms with van der Waals surface area (Å²) in [7, 11) is -3.48. The lowest BCUT2D eigenvalue weighted by atomic mass is 10.1. The van der Waals surface area contributed by atoms with Crippen molar-refractivity contribution >= 4 is 33.2 Å². The smallest absolute Gasteiger partial charge is 0.239 e. The van der Waals surface area contributed by atoms with Crippen molar-refractivity contribution in [2.24, 2.45) is 5.92 Å². The van der Waals surface area contributed by atoms with Crippen LogP contribution in [0, 0.1) is 11.7 Å². The molecule has 1 N–H and O–H groups in total. The van der Waals surface area contributed by atoms with Gasteiger partial charge in [0.15, 0.2) is 0 Å². The molecular weight excluding hydrogens is 331 g/mol. The van der Waals surface area contributed by atoms with Crippen LogP contribution in [0.2, 0.25) is 5.02 Å². The van der Waals surface area contributed by atoms with Gasteiger partial charge in [0.2, 0.25) is 15.9 Å². The van der Waals surface area contributed by atoms with Crippen molar-refractivity contribution in [3.63, 3.8) is 0 Å². The highest BCUT2D eigenvalue weighted by Crippen LogP contribution is 2.19. The van der Waals surface area contributed by atoms with E-state index in [0.29, 0.717) is 18.0 Å². The van der Waals surface area contributed by atoms with Crippen LogP contribution >= 0.6 is 11.6 Å². The SMILES string of the molecule is CC(C)CCN(CC(=O)Nc1ccc(F)c(Cl)c1)S(C)(=O)=O. The van der Waals surface area contributed by atoms with Gasteiger partial charge >= 0.3 is 0 Å². The van der Waals surface area contributed by atoms with E-state index < -0.39 is 21.7 Å². The van der Waals surface area contributed by atoms with E-state index in [1.54, 1.807) is 0 Å². The fourth-order valence-electron chi connectivity index (χ4n) is 1.70. The van der Waals surface area contributed by atoms with Crippen molar-refractivity contribution in [2.75, 3.05) is 24.7 Å². The van der Waals surface area contributed by atoms with E-state index in [9.17, 15) is 17.6 Å². The van der Waals surface area contributed by atoms with Crippen LogP contribution in [0.15, 0.2) is 18.2 Å². The van der Waals surface area contributed by atoms with E-state index in [1.165, 1.54) is 12.1 Å². The number of hydrogen-bond acceptors (Lipinski definition) is 3. The molecule has 0 aliphatic heterocycles. The Kier molecular flexibility index (Phi) is 6.77. The zero-order chi connectivity index (χ0) is 16.9.